The summed E-state index contributed by atoms with van der Waals surface area (Å²) in [6.45, 7) is 3.85. The van der Waals surface area contributed by atoms with Crippen LogP contribution in [0.5, 0.6) is 11.6 Å². The number of aromatic nitrogens is 1. The average molecular weight is 325 g/mol. The maximum atomic E-state index is 12.9. The molecule has 24 heavy (non-hydrogen) atoms. The van der Waals surface area contributed by atoms with Gasteiger partial charge in [-0.2, -0.15) is 0 Å². The number of amides is 2. The lowest BCUT2D eigenvalue weighted by atomic mass is 10.2. The molecule has 2 amide bonds. The van der Waals surface area contributed by atoms with Gasteiger partial charge in [0.05, 0.1) is 5.69 Å². The number of benzene rings is 1. The van der Waals surface area contributed by atoms with E-state index in [0.29, 0.717) is 17.0 Å². The summed E-state index contributed by atoms with van der Waals surface area (Å²) >= 11 is 0. The summed E-state index contributed by atoms with van der Waals surface area (Å²) in [6, 6.07) is 10.5. The lowest BCUT2D eigenvalue weighted by Crippen LogP contribution is -2.43. The molecule has 2 aromatic rings. The van der Waals surface area contributed by atoms with Crippen molar-refractivity contribution in [3.8, 4) is 11.6 Å². The van der Waals surface area contributed by atoms with Crippen molar-refractivity contribution in [3.05, 3.63) is 48.2 Å². The highest BCUT2D eigenvalue weighted by atomic mass is 16.5. The van der Waals surface area contributed by atoms with Crippen molar-refractivity contribution in [2.45, 2.75) is 26.3 Å². The Kier molecular flexibility index (Phi) is 4.46. The smallest absolute Gasteiger partial charge is 0.264 e. The standard InChI is InChI=1S/C18H19N3O3/c1-3-12(2)20-16(22)11-21-14-8-4-5-9-15(14)24-17-13(18(21)23)7-6-10-19-17/h4-10,12H,3,11H2,1-2H3,(H,20,22)/t12-/m0/s1. The van der Waals surface area contributed by atoms with Gasteiger partial charge in [0.15, 0.2) is 5.75 Å². The van der Waals surface area contributed by atoms with Gasteiger partial charge in [-0.1, -0.05) is 19.1 Å². The third kappa shape index (κ3) is 3.08. The van der Waals surface area contributed by atoms with Gasteiger partial charge in [0.25, 0.3) is 5.91 Å². The van der Waals surface area contributed by atoms with E-state index in [2.05, 4.69) is 10.3 Å². The van der Waals surface area contributed by atoms with Crippen LogP contribution in [0.1, 0.15) is 30.6 Å². The quantitative estimate of drug-likeness (QED) is 0.938. The molecule has 0 radical (unpaired) electrons. The minimum absolute atomic E-state index is 0.0556. The Hall–Kier alpha value is -2.89. The van der Waals surface area contributed by atoms with Crippen molar-refractivity contribution in [1.29, 1.82) is 0 Å². The van der Waals surface area contributed by atoms with Crippen LogP contribution < -0.4 is 15.0 Å². The van der Waals surface area contributed by atoms with Gasteiger partial charge in [0, 0.05) is 12.2 Å². The Labute approximate surface area is 140 Å². The van der Waals surface area contributed by atoms with Crippen LogP contribution in [0.3, 0.4) is 0 Å². The molecule has 0 fully saturated rings. The predicted molar refractivity (Wildman–Crippen MR) is 90.3 cm³/mol. The summed E-state index contributed by atoms with van der Waals surface area (Å²) in [4.78, 5) is 30.8. The van der Waals surface area contributed by atoms with Crippen LogP contribution >= 0.6 is 0 Å². The molecule has 6 nitrogen and oxygen atoms in total. The fourth-order valence-corrected chi connectivity index (χ4v) is 2.48. The zero-order chi connectivity index (χ0) is 17.1. The van der Waals surface area contributed by atoms with Crippen LogP contribution in [-0.2, 0) is 4.79 Å². The Morgan fingerprint density at radius 3 is 2.88 bits per heavy atom. The van der Waals surface area contributed by atoms with Crippen LogP contribution in [0.15, 0.2) is 42.6 Å². The SMILES string of the molecule is CC[C@H](C)NC(=O)CN1C(=O)c2cccnc2Oc2ccccc21. The van der Waals surface area contributed by atoms with Crippen molar-refractivity contribution >= 4 is 17.5 Å². The molecular weight excluding hydrogens is 306 g/mol. The number of ether oxygens (including phenoxy) is 1. The summed E-state index contributed by atoms with van der Waals surface area (Å²) in [5, 5.41) is 2.88. The van der Waals surface area contributed by atoms with E-state index in [0.717, 1.165) is 6.42 Å². The van der Waals surface area contributed by atoms with E-state index in [1.54, 1.807) is 36.5 Å². The molecule has 124 valence electrons. The lowest BCUT2D eigenvalue weighted by Gasteiger charge is -2.22. The van der Waals surface area contributed by atoms with Crippen molar-refractivity contribution < 1.29 is 14.3 Å². The summed E-state index contributed by atoms with van der Waals surface area (Å²) in [6.07, 6.45) is 2.40. The first-order valence-corrected chi connectivity index (χ1v) is 7.93. The van der Waals surface area contributed by atoms with Gasteiger partial charge in [-0.15, -0.1) is 0 Å². The number of hydrogen-bond donors (Lipinski definition) is 1. The summed E-state index contributed by atoms with van der Waals surface area (Å²) in [5.41, 5.74) is 0.893. The van der Waals surface area contributed by atoms with Crippen LogP contribution in [-0.4, -0.2) is 29.4 Å². The number of nitrogens with one attached hydrogen (secondary N) is 1. The molecule has 1 aliphatic rings. The number of carbonyl (C=O) groups is 2. The van der Waals surface area contributed by atoms with Crippen LogP contribution in [0.25, 0.3) is 0 Å². The molecule has 1 aliphatic heterocycles. The van der Waals surface area contributed by atoms with Gasteiger partial charge in [-0.3, -0.25) is 14.5 Å². The second kappa shape index (κ2) is 6.70. The molecule has 1 aromatic carbocycles. The normalized spacial score (nSPS) is 14.1. The van der Waals surface area contributed by atoms with E-state index >= 15 is 0 Å². The first-order chi connectivity index (χ1) is 11.6. The van der Waals surface area contributed by atoms with Crippen molar-refractivity contribution in [2.75, 3.05) is 11.4 Å². The maximum Gasteiger partial charge on any atom is 0.264 e. The monoisotopic (exact) mass is 325 g/mol. The van der Waals surface area contributed by atoms with Gasteiger partial charge in [-0.25, -0.2) is 4.98 Å². The number of nitrogens with zero attached hydrogens (tertiary/aromatic N) is 2. The Balaban J connectivity index is 1.97. The topological polar surface area (TPSA) is 71.5 Å². The third-order valence-corrected chi connectivity index (χ3v) is 3.93. The molecule has 0 saturated heterocycles. The van der Waals surface area contributed by atoms with Crippen molar-refractivity contribution in [1.82, 2.24) is 10.3 Å². The molecular formula is C18H19N3O3. The minimum Gasteiger partial charge on any atom is -0.436 e. The van der Waals surface area contributed by atoms with Gasteiger partial charge in [-0.05, 0) is 37.6 Å². The molecule has 1 atom stereocenters. The van der Waals surface area contributed by atoms with E-state index in [1.807, 2.05) is 19.9 Å². The molecule has 0 bridgehead atoms. The molecule has 3 rings (SSSR count). The maximum absolute atomic E-state index is 12.9. The second-order valence-corrected chi connectivity index (χ2v) is 5.69. The fraction of sp³-hybridized carbons (Fsp3) is 0.278. The zero-order valence-corrected chi connectivity index (χ0v) is 13.7. The van der Waals surface area contributed by atoms with Crippen LogP contribution in [0, 0.1) is 0 Å². The highest BCUT2D eigenvalue weighted by Gasteiger charge is 2.30. The highest BCUT2D eigenvalue weighted by Crippen LogP contribution is 2.37. The summed E-state index contributed by atoms with van der Waals surface area (Å²) in [7, 11) is 0. The van der Waals surface area contributed by atoms with Crippen molar-refractivity contribution in [2.24, 2.45) is 0 Å². The summed E-state index contributed by atoms with van der Waals surface area (Å²) in [5.74, 6) is 0.238. The first-order valence-electron chi connectivity index (χ1n) is 7.93. The van der Waals surface area contributed by atoms with E-state index in [9.17, 15) is 9.59 Å². The lowest BCUT2D eigenvalue weighted by molar-refractivity contribution is -0.120. The number of hydrogen-bond acceptors (Lipinski definition) is 4. The molecule has 0 aliphatic carbocycles. The molecule has 1 N–H and O–H groups in total. The average Bonchev–Trinajstić information content (AvgIpc) is 2.70. The largest absolute Gasteiger partial charge is 0.436 e. The molecule has 2 heterocycles. The molecule has 0 saturated carbocycles. The number of carbonyl (C=O) groups excluding carboxylic acids is 2. The Morgan fingerprint density at radius 1 is 1.29 bits per heavy atom. The van der Waals surface area contributed by atoms with Gasteiger partial charge >= 0.3 is 0 Å². The van der Waals surface area contributed by atoms with Gasteiger partial charge < -0.3 is 10.1 Å². The Bertz CT molecular complexity index is 776. The van der Waals surface area contributed by atoms with Crippen molar-refractivity contribution in [3.63, 3.8) is 0 Å². The van der Waals surface area contributed by atoms with Crippen LogP contribution in [0.2, 0.25) is 0 Å². The third-order valence-electron chi connectivity index (χ3n) is 3.93. The predicted octanol–water partition coefficient (Wildman–Crippen LogP) is 2.75. The minimum atomic E-state index is -0.303. The van der Waals surface area contributed by atoms with Gasteiger partial charge in [0.1, 0.15) is 12.1 Å². The second-order valence-electron chi connectivity index (χ2n) is 5.69. The van der Waals surface area contributed by atoms with Crippen LogP contribution in [0.4, 0.5) is 5.69 Å². The first kappa shape index (κ1) is 16.0. The number of pyridine rings is 1. The number of rotatable bonds is 4. The molecule has 6 heteroatoms. The summed E-state index contributed by atoms with van der Waals surface area (Å²) < 4.78 is 5.78. The molecule has 0 spiro atoms. The Morgan fingerprint density at radius 2 is 2.08 bits per heavy atom. The van der Waals surface area contributed by atoms with E-state index in [4.69, 9.17) is 4.74 Å². The van der Waals surface area contributed by atoms with Gasteiger partial charge in [0.2, 0.25) is 11.8 Å². The number of anilines is 1. The van der Waals surface area contributed by atoms with E-state index in [1.165, 1.54) is 4.90 Å². The highest BCUT2D eigenvalue weighted by molar-refractivity contribution is 6.11. The molecule has 0 unspecified atom stereocenters. The molecule has 1 aromatic heterocycles. The fourth-order valence-electron chi connectivity index (χ4n) is 2.48. The number of para-hydroxylation sites is 2. The van der Waals surface area contributed by atoms with E-state index < -0.39 is 0 Å². The zero-order valence-electron chi connectivity index (χ0n) is 13.7. The number of fused-ring (bicyclic) bond motifs is 2. The van der Waals surface area contributed by atoms with E-state index in [-0.39, 0.29) is 30.3 Å².